The van der Waals surface area contributed by atoms with Gasteiger partial charge in [-0.05, 0) is 48.4 Å². The summed E-state index contributed by atoms with van der Waals surface area (Å²) >= 11 is 0. The van der Waals surface area contributed by atoms with E-state index in [2.05, 4.69) is 77.1 Å². The van der Waals surface area contributed by atoms with E-state index in [1.165, 1.54) is 16.3 Å². The molecule has 0 fully saturated rings. The van der Waals surface area contributed by atoms with Crippen LogP contribution in [0.2, 0.25) is 0 Å². The highest BCUT2D eigenvalue weighted by Gasteiger charge is 2.37. The molecule has 21 heavy (non-hydrogen) atoms. The smallest absolute Gasteiger partial charge is 0.0644 e. The molecule has 1 nitrogen and oxygen atoms in total. The molecule has 116 valence electrons. The minimum atomic E-state index is -0.582. The van der Waals surface area contributed by atoms with Gasteiger partial charge < -0.3 is 5.11 Å². The first kappa shape index (κ1) is 17.7. The molecule has 0 amide bonds. The topological polar surface area (TPSA) is 20.2 Å². The van der Waals surface area contributed by atoms with Crippen LogP contribution in [0.5, 0.6) is 0 Å². The second-order valence-electron chi connectivity index (χ2n) is 7.23. The number of aliphatic hydroxyl groups is 1. The van der Waals surface area contributed by atoms with Crippen LogP contribution in [0, 0.1) is 18.3 Å². The third-order valence-electron chi connectivity index (χ3n) is 5.03. The monoisotopic (exact) mass is 286 g/mol. The largest absolute Gasteiger partial charge is 0.390 e. The zero-order valence-electron chi connectivity index (χ0n) is 14.6. The second-order valence-corrected chi connectivity index (χ2v) is 7.23. The van der Waals surface area contributed by atoms with Gasteiger partial charge >= 0.3 is 0 Å². The van der Waals surface area contributed by atoms with Gasteiger partial charge in [0.2, 0.25) is 0 Å². The molecule has 1 N–H and O–H groups in total. The molecule has 0 saturated carbocycles. The van der Waals surface area contributed by atoms with Gasteiger partial charge in [0.15, 0.2) is 0 Å². The first-order valence-corrected chi connectivity index (χ1v) is 7.74. The van der Waals surface area contributed by atoms with Gasteiger partial charge in [0.25, 0.3) is 0 Å². The Morgan fingerprint density at radius 1 is 0.857 bits per heavy atom. The quantitative estimate of drug-likeness (QED) is 0.763. The van der Waals surface area contributed by atoms with Crippen molar-refractivity contribution >= 4 is 10.8 Å². The standard InChI is InChI=1S/C11H10.C9H20O/c1-9-5-4-7-10-6-2-3-8-11(9)10;1-7(2)8(3,4)9(5,6)10/h2-8H,1H3;7,10H,1-6H3. The molecule has 2 aromatic rings. The molecule has 1 heteroatoms. The number of hydrogen-bond acceptors (Lipinski definition) is 1. The van der Waals surface area contributed by atoms with E-state index < -0.39 is 5.60 Å². The molecule has 0 radical (unpaired) electrons. The molecule has 0 aromatic heterocycles. The van der Waals surface area contributed by atoms with Crippen LogP contribution < -0.4 is 0 Å². The van der Waals surface area contributed by atoms with E-state index in [0.29, 0.717) is 5.92 Å². The highest BCUT2D eigenvalue weighted by molar-refractivity contribution is 5.85. The van der Waals surface area contributed by atoms with Crippen LogP contribution in [-0.4, -0.2) is 10.7 Å². The van der Waals surface area contributed by atoms with Crippen LogP contribution in [0.1, 0.15) is 47.1 Å². The van der Waals surface area contributed by atoms with Gasteiger partial charge in [-0.15, -0.1) is 0 Å². The Kier molecular flexibility index (Phi) is 5.58. The summed E-state index contributed by atoms with van der Waals surface area (Å²) in [6.07, 6.45) is 0. The van der Waals surface area contributed by atoms with E-state index in [9.17, 15) is 5.11 Å². The summed E-state index contributed by atoms with van der Waals surface area (Å²) < 4.78 is 0. The van der Waals surface area contributed by atoms with Gasteiger partial charge in [-0.3, -0.25) is 0 Å². The van der Waals surface area contributed by atoms with E-state index in [4.69, 9.17) is 0 Å². The predicted octanol–water partition coefficient (Wildman–Crippen LogP) is 5.59. The number of fused-ring (bicyclic) bond motifs is 1. The number of hydrogen-bond donors (Lipinski definition) is 1. The maximum atomic E-state index is 9.72. The fourth-order valence-corrected chi connectivity index (χ4v) is 2.09. The van der Waals surface area contributed by atoms with Gasteiger partial charge in [0.1, 0.15) is 0 Å². The minimum absolute atomic E-state index is 0.00694. The lowest BCUT2D eigenvalue weighted by Crippen LogP contribution is -2.42. The fraction of sp³-hybridized carbons (Fsp3) is 0.500. The molecule has 0 atom stereocenters. The normalized spacial score (nSPS) is 12.2. The third-order valence-corrected chi connectivity index (χ3v) is 5.03. The summed E-state index contributed by atoms with van der Waals surface area (Å²) in [5, 5.41) is 12.4. The van der Waals surface area contributed by atoms with Crippen LogP contribution in [-0.2, 0) is 0 Å². The van der Waals surface area contributed by atoms with Gasteiger partial charge in [0, 0.05) is 0 Å². The minimum Gasteiger partial charge on any atom is -0.390 e. The summed E-state index contributed by atoms with van der Waals surface area (Å²) in [4.78, 5) is 0. The zero-order chi connectivity index (χ0) is 16.3. The van der Waals surface area contributed by atoms with E-state index in [-0.39, 0.29) is 5.41 Å². The summed E-state index contributed by atoms with van der Waals surface area (Å²) in [6.45, 7) is 14.3. The van der Waals surface area contributed by atoms with E-state index in [1.54, 1.807) is 0 Å². The molecule has 0 saturated heterocycles. The maximum absolute atomic E-state index is 9.72. The Balaban J connectivity index is 0.000000212. The molecular formula is C20H30O. The molecule has 0 aliphatic rings. The molecule has 0 spiro atoms. The Bertz CT molecular complexity index is 568. The SMILES string of the molecule is CC(C)C(C)(C)C(C)(C)O.Cc1cccc2ccccc12. The zero-order valence-corrected chi connectivity index (χ0v) is 14.6. The lowest BCUT2D eigenvalue weighted by molar-refractivity contribution is -0.0604. The molecule has 0 unspecified atom stereocenters. The molecule has 0 aliphatic heterocycles. The highest BCUT2D eigenvalue weighted by atomic mass is 16.3. The molecule has 0 heterocycles. The first-order chi connectivity index (χ1) is 9.57. The van der Waals surface area contributed by atoms with Crippen molar-refractivity contribution in [3.8, 4) is 0 Å². The summed E-state index contributed by atoms with van der Waals surface area (Å²) in [5.74, 6) is 0.507. The van der Waals surface area contributed by atoms with E-state index >= 15 is 0 Å². The molecule has 0 bridgehead atoms. The van der Waals surface area contributed by atoms with Crippen LogP contribution in [0.25, 0.3) is 10.8 Å². The van der Waals surface area contributed by atoms with Crippen molar-refractivity contribution in [1.29, 1.82) is 0 Å². The van der Waals surface area contributed by atoms with Crippen molar-refractivity contribution in [2.45, 2.75) is 54.1 Å². The first-order valence-electron chi connectivity index (χ1n) is 7.74. The van der Waals surface area contributed by atoms with Gasteiger partial charge in [0.05, 0.1) is 5.60 Å². The fourth-order valence-electron chi connectivity index (χ4n) is 2.09. The highest BCUT2D eigenvalue weighted by Crippen LogP contribution is 2.37. The van der Waals surface area contributed by atoms with E-state index in [0.717, 1.165) is 0 Å². The lowest BCUT2D eigenvalue weighted by atomic mass is 9.69. The summed E-state index contributed by atoms with van der Waals surface area (Å²) in [5.41, 5.74) is 0.761. The van der Waals surface area contributed by atoms with Crippen molar-refractivity contribution in [2.75, 3.05) is 0 Å². The molecular weight excluding hydrogens is 256 g/mol. The number of aryl methyl sites for hydroxylation is 1. The van der Waals surface area contributed by atoms with Crippen LogP contribution >= 0.6 is 0 Å². The lowest BCUT2D eigenvalue weighted by Gasteiger charge is -2.40. The number of benzene rings is 2. The Hall–Kier alpha value is -1.34. The Labute approximate surface area is 130 Å². The Morgan fingerprint density at radius 2 is 1.38 bits per heavy atom. The maximum Gasteiger partial charge on any atom is 0.0644 e. The average Bonchev–Trinajstić information content (AvgIpc) is 2.38. The van der Waals surface area contributed by atoms with Crippen molar-refractivity contribution < 1.29 is 5.11 Å². The van der Waals surface area contributed by atoms with Crippen molar-refractivity contribution in [1.82, 2.24) is 0 Å². The van der Waals surface area contributed by atoms with Crippen molar-refractivity contribution in [3.63, 3.8) is 0 Å². The summed E-state index contributed by atoms with van der Waals surface area (Å²) in [6, 6.07) is 14.8. The van der Waals surface area contributed by atoms with Crippen molar-refractivity contribution in [2.24, 2.45) is 11.3 Å². The third kappa shape index (κ3) is 4.31. The van der Waals surface area contributed by atoms with E-state index in [1.807, 2.05) is 13.8 Å². The van der Waals surface area contributed by atoms with Crippen LogP contribution in [0.15, 0.2) is 42.5 Å². The van der Waals surface area contributed by atoms with Crippen LogP contribution in [0.4, 0.5) is 0 Å². The number of rotatable bonds is 2. The van der Waals surface area contributed by atoms with Gasteiger partial charge in [-0.1, -0.05) is 70.2 Å². The predicted molar refractivity (Wildman–Crippen MR) is 93.6 cm³/mol. The molecule has 2 aromatic carbocycles. The molecule has 0 aliphatic carbocycles. The van der Waals surface area contributed by atoms with Gasteiger partial charge in [-0.2, -0.15) is 0 Å². The molecule has 2 rings (SSSR count). The second kappa shape index (κ2) is 6.62. The Morgan fingerprint density at radius 3 is 1.81 bits per heavy atom. The summed E-state index contributed by atoms with van der Waals surface area (Å²) in [7, 11) is 0. The van der Waals surface area contributed by atoms with Gasteiger partial charge in [-0.25, -0.2) is 0 Å². The van der Waals surface area contributed by atoms with Crippen LogP contribution in [0.3, 0.4) is 0 Å². The average molecular weight is 286 g/mol. The van der Waals surface area contributed by atoms with Crippen molar-refractivity contribution in [3.05, 3.63) is 48.0 Å².